The van der Waals surface area contributed by atoms with Gasteiger partial charge in [0.1, 0.15) is 16.6 Å². The largest absolute Gasteiger partial charge is 0.383 e. The van der Waals surface area contributed by atoms with Crippen molar-refractivity contribution < 1.29 is 4.39 Å². The van der Waals surface area contributed by atoms with Gasteiger partial charge in [-0.3, -0.25) is 0 Å². The summed E-state index contributed by atoms with van der Waals surface area (Å²) < 4.78 is 13.5. The van der Waals surface area contributed by atoms with E-state index in [1.807, 2.05) is 0 Å². The molecule has 0 saturated carbocycles. The third-order valence-corrected chi connectivity index (χ3v) is 3.23. The van der Waals surface area contributed by atoms with E-state index in [1.54, 1.807) is 11.4 Å². The first kappa shape index (κ1) is 9.61. The molecule has 0 atom stereocenters. The van der Waals surface area contributed by atoms with Gasteiger partial charge in [-0.1, -0.05) is 0 Å². The fraction of sp³-hybridized carbons (Fsp3) is 0. The topological polar surface area (TPSA) is 38.9 Å². The molecule has 0 amide bonds. The van der Waals surface area contributed by atoms with Gasteiger partial charge in [0.15, 0.2) is 0 Å². The highest BCUT2D eigenvalue weighted by molar-refractivity contribution is 9.10. The van der Waals surface area contributed by atoms with Crippen molar-refractivity contribution >= 4 is 33.1 Å². The summed E-state index contributed by atoms with van der Waals surface area (Å²) in [6.07, 6.45) is 0. The second kappa shape index (κ2) is 3.67. The van der Waals surface area contributed by atoms with Crippen molar-refractivity contribution in [2.24, 2.45) is 0 Å². The Hall–Kier alpha value is -0.940. The first-order valence-corrected chi connectivity index (χ1v) is 5.50. The third-order valence-electron chi connectivity index (χ3n) is 1.68. The van der Waals surface area contributed by atoms with Crippen LogP contribution in [0.2, 0.25) is 0 Å². The molecule has 0 unspecified atom stereocenters. The summed E-state index contributed by atoms with van der Waals surface area (Å²) in [5.41, 5.74) is 6.36. The van der Waals surface area contributed by atoms with Crippen LogP contribution >= 0.6 is 27.3 Å². The molecular weight excluding hydrogens is 267 g/mol. The van der Waals surface area contributed by atoms with Gasteiger partial charge in [-0.25, -0.2) is 9.37 Å². The molecule has 2 N–H and O–H groups in total. The second-order valence-corrected chi connectivity index (χ2v) is 4.41. The van der Waals surface area contributed by atoms with Crippen LogP contribution < -0.4 is 5.73 Å². The molecule has 5 heteroatoms. The smallest absolute Gasteiger partial charge is 0.135 e. The Balaban J connectivity index is 2.52. The highest BCUT2D eigenvalue weighted by Crippen LogP contribution is 2.31. The molecule has 14 heavy (non-hydrogen) atoms. The number of rotatable bonds is 1. The van der Waals surface area contributed by atoms with Crippen molar-refractivity contribution in [2.45, 2.75) is 0 Å². The standard InChI is InChI=1S/C9H6BrFN2S/c10-7-3-5(11)1-2-6(7)9-13-8(12)4-14-9/h1-4H,12H2. The minimum Gasteiger partial charge on any atom is -0.383 e. The fourth-order valence-electron chi connectivity index (χ4n) is 1.07. The number of hydrogen-bond acceptors (Lipinski definition) is 3. The Labute approximate surface area is 92.7 Å². The van der Waals surface area contributed by atoms with Gasteiger partial charge in [-0.05, 0) is 34.1 Å². The summed E-state index contributed by atoms with van der Waals surface area (Å²) in [4.78, 5) is 4.12. The highest BCUT2D eigenvalue weighted by atomic mass is 79.9. The molecule has 0 spiro atoms. The maximum Gasteiger partial charge on any atom is 0.135 e. The van der Waals surface area contributed by atoms with E-state index in [0.29, 0.717) is 10.3 Å². The first-order valence-electron chi connectivity index (χ1n) is 3.83. The quantitative estimate of drug-likeness (QED) is 0.865. The zero-order chi connectivity index (χ0) is 10.1. The predicted molar refractivity (Wildman–Crippen MR) is 59.6 cm³/mol. The van der Waals surface area contributed by atoms with E-state index in [9.17, 15) is 4.39 Å². The average molecular weight is 273 g/mol. The normalized spacial score (nSPS) is 10.4. The van der Waals surface area contributed by atoms with Gasteiger partial charge < -0.3 is 5.73 Å². The molecule has 0 aliphatic carbocycles. The summed E-state index contributed by atoms with van der Waals surface area (Å²) in [5, 5.41) is 2.54. The number of halogens is 2. The molecule has 0 bridgehead atoms. The molecule has 0 fully saturated rings. The third kappa shape index (κ3) is 1.78. The van der Waals surface area contributed by atoms with Crippen LogP contribution in [0.25, 0.3) is 10.6 Å². The summed E-state index contributed by atoms with van der Waals surface area (Å²) in [6, 6.07) is 4.49. The fourth-order valence-corrected chi connectivity index (χ4v) is 2.49. The molecule has 2 rings (SSSR count). The maximum atomic E-state index is 12.8. The van der Waals surface area contributed by atoms with E-state index in [0.717, 1.165) is 10.6 Å². The van der Waals surface area contributed by atoms with Gasteiger partial charge in [0, 0.05) is 15.4 Å². The minimum absolute atomic E-state index is 0.273. The lowest BCUT2D eigenvalue weighted by Crippen LogP contribution is -1.85. The molecule has 72 valence electrons. The van der Waals surface area contributed by atoms with Crippen LogP contribution in [0.4, 0.5) is 10.2 Å². The minimum atomic E-state index is -0.273. The van der Waals surface area contributed by atoms with Crippen LogP contribution in [0.5, 0.6) is 0 Å². The molecule has 1 heterocycles. The summed E-state index contributed by atoms with van der Waals surface area (Å²) in [5.74, 6) is 0.214. The molecule has 2 nitrogen and oxygen atoms in total. The molecule has 2 aromatic rings. The molecule has 0 aliphatic heterocycles. The zero-order valence-electron chi connectivity index (χ0n) is 7.00. The molecule has 1 aromatic carbocycles. The van der Waals surface area contributed by atoms with E-state index in [-0.39, 0.29) is 5.82 Å². The van der Waals surface area contributed by atoms with Gasteiger partial charge in [0.2, 0.25) is 0 Å². The van der Waals surface area contributed by atoms with Crippen LogP contribution in [-0.2, 0) is 0 Å². The molecule has 0 saturated heterocycles. The summed E-state index contributed by atoms with van der Waals surface area (Å²) >= 11 is 4.71. The van der Waals surface area contributed by atoms with Crippen LogP contribution in [-0.4, -0.2) is 4.98 Å². The van der Waals surface area contributed by atoms with Crippen molar-refractivity contribution in [3.8, 4) is 10.6 Å². The van der Waals surface area contributed by atoms with E-state index in [4.69, 9.17) is 5.73 Å². The highest BCUT2D eigenvalue weighted by Gasteiger charge is 2.07. The van der Waals surface area contributed by atoms with Crippen molar-refractivity contribution in [1.82, 2.24) is 4.98 Å². The van der Waals surface area contributed by atoms with E-state index in [1.165, 1.54) is 23.5 Å². The van der Waals surface area contributed by atoms with E-state index in [2.05, 4.69) is 20.9 Å². The Morgan fingerprint density at radius 1 is 1.43 bits per heavy atom. The Kier molecular flexibility index (Phi) is 2.52. The molecule has 0 aliphatic rings. The lowest BCUT2D eigenvalue weighted by Gasteiger charge is -1.99. The van der Waals surface area contributed by atoms with Crippen molar-refractivity contribution in [1.29, 1.82) is 0 Å². The van der Waals surface area contributed by atoms with Gasteiger partial charge in [0.05, 0.1) is 0 Å². The Morgan fingerprint density at radius 2 is 2.21 bits per heavy atom. The lowest BCUT2D eigenvalue weighted by molar-refractivity contribution is 0.627. The monoisotopic (exact) mass is 272 g/mol. The van der Waals surface area contributed by atoms with Crippen LogP contribution in [0, 0.1) is 5.82 Å². The zero-order valence-corrected chi connectivity index (χ0v) is 9.40. The summed E-state index contributed by atoms with van der Waals surface area (Å²) in [7, 11) is 0. The van der Waals surface area contributed by atoms with Gasteiger partial charge in [0.25, 0.3) is 0 Å². The molecule has 1 aromatic heterocycles. The number of nitrogen functional groups attached to an aromatic ring is 1. The van der Waals surface area contributed by atoms with E-state index < -0.39 is 0 Å². The number of nitrogens with two attached hydrogens (primary N) is 1. The van der Waals surface area contributed by atoms with Gasteiger partial charge in [-0.15, -0.1) is 11.3 Å². The molecular formula is C9H6BrFN2S. The van der Waals surface area contributed by atoms with Gasteiger partial charge in [-0.2, -0.15) is 0 Å². The van der Waals surface area contributed by atoms with Crippen molar-refractivity contribution in [3.63, 3.8) is 0 Å². The van der Waals surface area contributed by atoms with Crippen molar-refractivity contribution in [2.75, 3.05) is 5.73 Å². The average Bonchev–Trinajstić information content (AvgIpc) is 2.51. The van der Waals surface area contributed by atoms with Crippen LogP contribution in [0.3, 0.4) is 0 Å². The Bertz CT molecular complexity index is 470. The van der Waals surface area contributed by atoms with Crippen LogP contribution in [0.1, 0.15) is 0 Å². The number of nitrogens with zero attached hydrogens (tertiary/aromatic N) is 1. The number of benzene rings is 1. The Morgan fingerprint density at radius 3 is 2.79 bits per heavy atom. The molecule has 0 radical (unpaired) electrons. The van der Waals surface area contributed by atoms with Crippen molar-refractivity contribution in [3.05, 3.63) is 33.9 Å². The number of hydrogen-bond donors (Lipinski definition) is 1. The second-order valence-electron chi connectivity index (χ2n) is 2.70. The lowest BCUT2D eigenvalue weighted by atomic mass is 10.2. The summed E-state index contributed by atoms with van der Waals surface area (Å²) in [6.45, 7) is 0. The van der Waals surface area contributed by atoms with Crippen LogP contribution in [0.15, 0.2) is 28.1 Å². The maximum absolute atomic E-state index is 12.8. The number of thiazole rings is 1. The van der Waals surface area contributed by atoms with E-state index >= 15 is 0 Å². The SMILES string of the molecule is Nc1csc(-c2ccc(F)cc2Br)n1. The predicted octanol–water partition coefficient (Wildman–Crippen LogP) is 3.29. The first-order chi connectivity index (χ1) is 6.66. The van der Waals surface area contributed by atoms with Gasteiger partial charge >= 0.3 is 0 Å². The number of aromatic nitrogens is 1. The number of anilines is 1.